The van der Waals surface area contributed by atoms with Crippen LogP contribution in [0.4, 0.5) is 5.82 Å². The predicted octanol–water partition coefficient (Wildman–Crippen LogP) is 2.61. The number of nitrogens with one attached hydrogen (secondary N) is 1. The van der Waals surface area contributed by atoms with Gasteiger partial charge in [-0.05, 0) is 31.0 Å². The SMILES string of the molecule is C=CCNc1nc(COCC)nc2c1CCN(Cc1ccncc1)CC2. The van der Waals surface area contributed by atoms with Crippen LogP contribution in [0.2, 0.25) is 0 Å². The van der Waals surface area contributed by atoms with Crippen molar-refractivity contribution < 1.29 is 4.74 Å². The Kier molecular flexibility index (Phi) is 6.68. The van der Waals surface area contributed by atoms with Crippen LogP contribution < -0.4 is 5.32 Å². The second-order valence-corrected chi connectivity index (χ2v) is 6.35. The van der Waals surface area contributed by atoms with E-state index in [1.165, 1.54) is 11.1 Å². The zero-order chi connectivity index (χ0) is 18.2. The fraction of sp³-hybridized carbons (Fsp3) is 0.450. The van der Waals surface area contributed by atoms with E-state index in [9.17, 15) is 0 Å². The molecule has 0 bridgehead atoms. The van der Waals surface area contributed by atoms with E-state index in [1.807, 2.05) is 25.4 Å². The number of ether oxygens (including phenoxy) is 1. The van der Waals surface area contributed by atoms with Crippen LogP contribution in [0.1, 0.15) is 29.6 Å². The molecule has 0 aliphatic carbocycles. The summed E-state index contributed by atoms with van der Waals surface area (Å²) < 4.78 is 5.51. The van der Waals surface area contributed by atoms with Gasteiger partial charge >= 0.3 is 0 Å². The molecule has 0 amide bonds. The molecule has 1 aliphatic heterocycles. The number of aromatic nitrogens is 3. The van der Waals surface area contributed by atoms with E-state index >= 15 is 0 Å². The third-order valence-corrected chi connectivity index (χ3v) is 4.49. The lowest BCUT2D eigenvalue weighted by Crippen LogP contribution is -2.26. The maximum atomic E-state index is 5.51. The van der Waals surface area contributed by atoms with Crippen molar-refractivity contribution in [2.45, 2.75) is 32.9 Å². The standard InChI is InChI=1S/C20H27N5O/c1-3-9-22-20-17-7-12-25(14-16-5-10-21-11-6-16)13-8-18(17)23-19(24-20)15-26-4-2/h3,5-6,10-11H,1,4,7-9,12-15H2,2H3,(H,22,23,24). The molecule has 1 N–H and O–H groups in total. The predicted molar refractivity (Wildman–Crippen MR) is 103 cm³/mol. The molecule has 0 aromatic carbocycles. The first-order chi connectivity index (χ1) is 12.8. The monoisotopic (exact) mass is 353 g/mol. The van der Waals surface area contributed by atoms with Crippen LogP contribution in [0, 0.1) is 0 Å². The number of hydrogen-bond acceptors (Lipinski definition) is 6. The molecule has 0 radical (unpaired) electrons. The quantitative estimate of drug-likeness (QED) is 0.736. The summed E-state index contributed by atoms with van der Waals surface area (Å²) in [5.41, 5.74) is 3.65. The fourth-order valence-electron chi connectivity index (χ4n) is 3.17. The molecule has 3 heterocycles. The van der Waals surface area contributed by atoms with Crippen LogP contribution in [0.5, 0.6) is 0 Å². The molecule has 26 heavy (non-hydrogen) atoms. The number of anilines is 1. The van der Waals surface area contributed by atoms with Gasteiger partial charge in [-0.1, -0.05) is 6.08 Å². The van der Waals surface area contributed by atoms with Gasteiger partial charge in [-0.25, -0.2) is 9.97 Å². The summed E-state index contributed by atoms with van der Waals surface area (Å²) in [6.45, 7) is 10.5. The minimum Gasteiger partial charge on any atom is -0.374 e. The minimum absolute atomic E-state index is 0.452. The van der Waals surface area contributed by atoms with Crippen LogP contribution in [-0.2, 0) is 30.7 Å². The molecule has 2 aromatic heterocycles. The van der Waals surface area contributed by atoms with Crippen molar-refractivity contribution in [2.24, 2.45) is 0 Å². The second-order valence-electron chi connectivity index (χ2n) is 6.35. The smallest absolute Gasteiger partial charge is 0.156 e. The maximum Gasteiger partial charge on any atom is 0.156 e. The second kappa shape index (κ2) is 9.40. The van der Waals surface area contributed by atoms with Gasteiger partial charge in [0.15, 0.2) is 5.82 Å². The molecule has 0 fully saturated rings. The Balaban J connectivity index is 1.77. The molecule has 138 valence electrons. The van der Waals surface area contributed by atoms with Gasteiger partial charge < -0.3 is 10.1 Å². The molecule has 6 heteroatoms. The number of nitrogens with zero attached hydrogens (tertiary/aromatic N) is 4. The van der Waals surface area contributed by atoms with Crippen LogP contribution in [-0.4, -0.2) is 46.1 Å². The van der Waals surface area contributed by atoms with E-state index in [-0.39, 0.29) is 0 Å². The molecule has 0 atom stereocenters. The highest BCUT2D eigenvalue weighted by Gasteiger charge is 2.20. The normalized spacial score (nSPS) is 14.5. The maximum absolute atomic E-state index is 5.51. The Morgan fingerprint density at radius 1 is 1.23 bits per heavy atom. The van der Waals surface area contributed by atoms with E-state index in [1.54, 1.807) is 0 Å². The minimum atomic E-state index is 0.452. The van der Waals surface area contributed by atoms with Crippen molar-refractivity contribution in [1.29, 1.82) is 0 Å². The van der Waals surface area contributed by atoms with Crippen molar-refractivity contribution in [3.05, 3.63) is 59.8 Å². The van der Waals surface area contributed by atoms with Gasteiger partial charge in [0.2, 0.25) is 0 Å². The lowest BCUT2D eigenvalue weighted by molar-refractivity contribution is 0.128. The van der Waals surface area contributed by atoms with Gasteiger partial charge in [-0.3, -0.25) is 9.88 Å². The van der Waals surface area contributed by atoms with Gasteiger partial charge in [0.05, 0.1) is 5.69 Å². The van der Waals surface area contributed by atoms with Crippen LogP contribution in [0.3, 0.4) is 0 Å². The zero-order valence-corrected chi connectivity index (χ0v) is 15.4. The molecule has 0 saturated carbocycles. The summed E-state index contributed by atoms with van der Waals surface area (Å²) in [7, 11) is 0. The summed E-state index contributed by atoms with van der Waals surface area (Å²) in [4.78, 5) is 16.0. The lowest BCUT2D eigenvalue weighted by Gasteiger charge is -2.19. The number of fused-ring (bicyclic) bond motifs is 1. The lowest BCUT2D eigenvalue weighted by atomic mass is 10.1. The van der Waals surface area contributed by atoms with Crippen LogP contribution >= 0.6 is 0 Å². The summed E-state index contributed by atoms with van der Waals surface area (Å²) >= 11 is 0. The molecule has 3 rings (SSSR count). The Bertz CT molecular complexity index is 720. The van der Waals surface area contributed by atoms with Crippen LogP contribution in [0.25, 0.3) is 0 Å². The molecule has 0 spiro atoms. The van der Waals surface area contributed by atoms with Crippen molar-refractivity contribution in [1.82, 2.24) is 19.9 Å². The highest BCUT2D eigenvalue weighted by atomic mass is 16.5. The van der Waals surface area contributed by atoms with Gasteiger partial charge in [-0.2, -0.15) is 0 Å². The largest absolute Gasteiger partial charge is 0.374 e. The first-order valence-corrected chi connectivity index (χ1v) is 9.22. The topological polar surface area (TPSA) is 63.2 Å². The third-order valence-electron chi connectivity index (χ3n) is 4.49. The Labute approximate surface area is 155 Å². The molecular weight excluding hydrogens is 326 g/mol. The highest BCUT2D eigenvalue weighted by molar-refractivity contribution is 5.48. The van der Waals surface area contributed by atoms with E-state index in [0.29, 0.717) is 19.8 Å². The highest BCUT2D eigenvalue weighted by Crippen LogP contribution is 2.22. The van der Waals surface area contributed by atoms with E-state index < -0.39 is 0 Å². The summed E-state index contributed by atoms with van der Waals surface area (Å²) in [5.74, 6) is 1.68. The van der Waals surface area contributed by atoms with Crippen molar-refractivity contribution >= 4 is 5.82 Å². The molecular formula is C20H27N5O. The summed E-state index contributed by atoms with van der Waals surface area (Å²) in [6, 6.07) is 4.16. The first kappa shape index (κ1) is 18.5. The van der Waals surface area contributed by atoms with Crippen LogP contribution in [0.15, 0.2) is 37.2 Å². The van der Waals surface area contributed by atoms with E-state index in [2.05, 4.69) is 38.9 Å². The fourth-order valence-corrected chi connectivity index (χ4v) is 3.17. The Morgan fingerprint density at radius 3 is 2.81 bits per heavy atom. The zero-order valence-electron chi connectivity index (χ0n) is 15.4. The van der Waals surface area contributed by atoms with Gasteiger partial charge in [0.1, 0.15) is 12.4 Å². The number of hydrogen-bond donors (Lipinski definition) is 1. The van der Waals surface area contributed by atoms with E-state index in [4.69, 9.17) is 9.72 Å². The van der Waals surface area contributed by atoms with E-state index in [0.717, 1.165) is 49.8 Å². The Hall–Kier alpha value is -2.31. The average Bonchev–Trinajstić information content (AvgIpc) is 2.88. The van der Waals surface area contributed by atoms with Crippen molar-refractivity contribution in [2.75, 3.05) is 31.6 Å². The number of rotatable bonds is 8. The molecule has 6 nitrogen and oxygen atoms in total. The third kappa shape index (κ3) is 4.86. The number of pyridine rings is 1. The summed E-state index contributed by atoms with van der Waals surface area (Å²) in [6.07, 6.45) is 7.41. The molecule has 2 aromatic rings. The van der Waals surface area contributed by atoms with Crippen molar-refractivity contribution in [3.8, 4) is 0 Å². The first-order valence-electron chi connectivity index (χ1n) is 9.22. The van der Waals surface area contributed by atoms with Gasteiger partial charge in [-0.15, -0.1) is 6.58 Å². The molecule has 1 aliphatic rings. The Morgan fingerprint density at radius 2 is 2.04 bits per heavy atom. The van der Waals surface area contributed by atoms with Gasteiger partial charge in [0.25, 0.3) is 0 Å². The molecule has 0 unspecified atom stereocenters. The average molecular weight is 353 g/mol. The van der Waals surface area contributed by atoms with Gasteiger partial charge in [0, 0.05) is 57.2 Å². The van der Waals surface area contributed by atoms with Crippen molar-refractivity contribution in [3.63, 3.8) is 0 Å². The summed E-state index contributed by atoms with van der Waals surface area (Å²) in [5, 5.41) is 3.38. The molecule has 0 saturated heterocycles.